The van der Waals surface area contributed by atoms with E-state index in [1.165, 1.54) is 12.1 Å². The Morgan fingerprint density at radius 1 is 1.12 bits per heavy atom. The van der Waals surface area contributed by atoms with Crippen molar-refractivity contribution in [2.24, 2.45) is 0 Å². The van der Waals surface area contributed by atoms with Gasteiger partial charge in [0.2, 0.25) is 0 Å². The van der Waals surface area contributed by atoms with Gasteiger partial charge in [-0.2, -0.15) is 10.6 Å². The second-order valence-electron chi connectivity index (χ2n) is 5.81. The lowest BCUT2D eigenvalue weighted by Gasteiger charge is -2.27. The molecule has 3 N–H and O–H groups in total. The van der Waals surface area contributed by atoms with Gasteiger partial charge in [0, 0.05) is 13.0 Å². The van der Waals surface area contributed by atoms with Crippen molar-refractivity contribution in [3.63, 3.8) is 0 Å². The summed E-state index contributed by atoms with van der Waals surface area (Å²) in [6.07, 6.45) is 0.452. The summed E-state index contributed by atoms with van der Waals surface area (Å²) in [6, 6.07) is 12.7. The van der Waals surface area contributed by atoms with E-state index in [2.05, 4.69) is 0 Å². The molecule has 0 spiro atoms. The van der Waals surface area contributed by atoms with Crippen molar-refractivity contribution in [2.45, 2.75) is 21.5 Å². The number of hydrogen-bond acceptors (Lipinski definition) is 6. The third kappa shape index (κ3) is 3.54. The van der Waals surface area contributed by atoms with Gasteiger partial charge in [-0.15, -0.1) is 0 Å². The lowest BCUT2D eigenvalue weighted by Crippen LogP contribution is -2.15. The standard InChI is InChI=1S/C17H20O6S2/c18-9-4-10-23-13-5-3-6-14(11-13)25(21,22)17-12-24(19,20)16-8-2-1-7-15(16)17/h1-3,5-8,11,17-20H,4,9-10,12H2. The first-order valence-electron chi connectivity index (χ1n) is 7.79. The second-order valence-corrected chi connectivity index (χ2v) is 10.0. The van der Waals surface area contributed by atoms with E-state index in [4.69, 9.17) is 9.84 Å². The Labute approximate surface area is 148 Å². The fourth-order valence-corrected chi connectivity index (χ4v) is 7.29. The van der Waals surface area contributed by atoms with Crippen molar-refractivity contribution in [1.82, 2.24) is 0 Å². The first-order chi connectivity index (χ1) is 11.9. The predicted octanol–water partition coefficient (Wildman–Crippen LogP) is 3.09. The van der Waals surface area contributed by atoms with Gasteiger partial charge in [0.1, 0.15) is 11.0 Å². The first kappa shape index (κ1) is 18.2. The minimum absolute atomic E-state index is 0.00525. The van der Waals surface area contributed by atoms with E-state index in [0.29, 0.717) is 22.6 Å². The number of rotatable bonds is 6. The van der Waals surface area contributed by atoms with Crippen LogP contribution in [0.4, 0.5) is 0 Å². The molecule has 2 aromatic carbocycles. The van der Waals surface area contributed by atoms with Gasteiger partial charge in [-0.05, 0) is 29.8 Å². The molecule has 3 rings (SSSR count). The maximum Gasteiger partial charge on any atom is 0.187 e. The molecule has 0 aliphatic carbocycles. The zero-order chi connectivity index (χ0) is 18.1. The van der Waals surface area contributed by atoms with Gasteiger partial charge >= 0.3 is 0 Å². The summed E-state index contributed by atoms with van der Waals surface area (Å²) in [5.41, 5.74) is 0.439. The summed E-state index contributed by atoms with van der Waals surface area (Å²) < 4.78 is 52.1. The highest BCUT2D eigenvalue weighted by Gasteiger charge is 2.42. The Kier molecular flexibility index (Phi) is 5.08. The highest BCUT2D eigenvalue weighted by molar-refractivity contribution is 8.25. The number of aliphatic hydroxyl groups excluding tert-OH is 1. The number of fused-ring (bicyclic) bond motifs is 1. The van der Waals surface area contributed by atoms with E-state index in [-0.39, 0.29) is 23.9 Å². The monoisotopic (exact) mass is 384 g/mol. The number of hydrogen-bond donors (Lipinski definition) is 3. The fraction of sp³-hybridized carbons (Fsp3) is 0.294. The van der Waals surface area contributed by atoms with Crippen LogP contribution in [0.3, 0.4) is 0 Å². The van der Waals surface area contributed by atoms with Gasteiger partial charge < -0.3 is 9.84 Å². The van der Waals surface area contributed by atoms with E-state index in [1.807, 2.05) is 0 Å². The van der Waals surface area contributed by atoms with Crippen LogP contribution in [0.25, 0.3) is 0 Å². The average Bonchev–Trinajstić information content (AvgIpc) is 2.88. The summed E-state index contributed by atoms with van der Waals surface area (Å²) in [6.45, 7) is 0.279. The number of aliphatic hydroxyl groups is 1. The van der Waals surface area contributed by atoms with Gasteiger partial charge in [-0.1, -0.05) is 24.3 Å². The maximum absolute atomic E-state index is 13.1. The number of benzene rings is 2. The minimum Gasteiger partial charge on any atom is -0.493 e. The van der Waals surface area contributed by atoms with Gasteiger partial charge in [-0.3, -0.25) is 9.11 Å². The molecule has 2 aromatic rings. The Morgan fingerprint density at radius 2 is 1.88 bits per heavy atom. The quantitative estimate of drug-likeness (QED) is 0.661. The Bertz CT molecular complexity index is 863. The molecule has 136 valence electrons. The van der Waals surface area contributed by atoms with Crippen LogP contribution in [-0.4, -0.2) is 41.6 Å². The van der Waals surface area contributed by atoms with Crippen molar-refractivity contribution in [1.29, 1.82) is 0 Å². The van der Waals surface area contributed by atoms with Crippen molar-refractivity contribution < 1.29 is 27.4 Å². The van der Waals surface area contributed by atoms with Gasteiger partial charge in [-0.25, -0.2) is 8.42 Å². The first-order valence-corrected chi connectivity index (χ1v) is 11.0. The lowest BCUT2D eigenvalue weighted by molar-refractivity contribution is 0.233. The van der Waals surface area contributed by atoms with Crippen LogP contribution >= 0.6 is 10.6 Å². The molecule has 6 nitrogen and oxygen atoms in total. The largest absolute Gasteiger partial charge is 0.493 e. The van der Waals surface area contributed by atoms with Gasteiger partial charge in [0.25, 0.3) is 0 Å². The van der Waals surface area contributed by atoms with E-state index in [0.717, 1.165) is 0 Å². The molecule has 8 heteroatoms. The van der Waals surface area contributed by atoms with E-state index >= 15 is 0 Å². The Morgan fingerprint density at radius 3 is 2.64 bits per heavy atom. The van der Waals surface area contributed by atoms with Crippen LogP contribution in [0.5, 0.6) is 5.75 Å². The molecule has 0 bridgehead atoms. The van der Waals surface area contributed by atoms with E-state index in [1.54, 1.807) is 36.4 Å². The SMILES string of the molecule is O=S(=O)(c1cccc(OCCCO)c1)C1CS(O)(O)c2ccccc21. The minimum atomic E-state index is -3.80. The normalized spacial score (nSPS) is 20.0. The van der Waals surface area contributed by atoms with Crippen LogP contribution in [0.15, 0.2) is 58.3 Å². The zero-order valence-electron chi connectivity index (χ0n) is 13.4. The van der Waals surface area contributed by atoms with Crippen LogP contribution < -0.4 is 4.74 Å². The molecule has 0 aromatic heterocycles. The summed E-state index contributed by atoms with van der Waals surface area (Å²) >= 11 is 0. The fourth-order valence-electron chi connectivity index (χ4n) is 2.85. The third-order valence-corrected chi connectivity index (χ3v) is 8.25. The van der Waals surface area contributed by atoms with E-state index < -0.39 is 25.7 Å². The molecule has 0 saturated heterocycles. The molecular weight excluding hydrogens is 364 g/mol. The Hall–Kier alpha value is -1.58. The van der Waals surface area contributed by atoms with Crippen molar-refractivity contribution in [2.75, 3.05) is 19.0 Å². The van der Waals surface area contributed by atoms with Crippen molar-refractivity contribution in [3.8, 4) is 5.75 Å². The van der Waals surface area contributed by atoms with Crippen LogP contribution in [0.1, 0.15) is 17.2 Å². The highest BCUT2D eigenvalue weighted by atomic mass is 32.3. The molecule has 0 radical (unpaired) electrons. The molecular formula is C17H20O6S2. The molecule has 1 heterocycles. The van der Waals surface area contributed by atoms with Crippen molar-refractivity contribution in [3.05, 3.63) is 54.1 Å². The van der Waals surface area contributed by atoms with Crippen LogP contribution in [-0.2, 0) is 9.84 Å². The number of ether oxygens (including phenoxy) is 1. The smallest absolute Gasteiger partial charge is 0.187 e. The number of sulfone groups is 1. The average molecular weight is 384 g/mol. The molecule has 1 unspecified atom stereocenters. The topological polar surface area (TPSA) is 104 Å². The summed E-state index contributed by atoms with van der Waals surface area (Å²) in [5, 5.41) is 7.79. The zero-order valence-corrected chi connectivity index (χ0v) is 15.0. The lowest BCUT2D eigenvalue weighted by atomic mass is 10.2. The Balaban J connectivity index is 1.94. The van der Waals surface area contributed by atoms with Crippen molar-refractivity contribution >= 4 is 20.4 Å². The van der Waals surface area contributed by atoms with Crippen LogP contribution in [0.2, 0.25) is 0 Å². The molecule has 1 aliphatic heterocycles. The molecule has 1 atom stereocenters. The molecule has 1 aliphatic rings. The molecule has 0 fully saturated rings. The predicted molar refractivity (Wildman–Crippen MR) is 96.0 cm³/mol. The van der Waals surface area contributed by atoms with E-state index in [9.17, 15) is 17.5 Å². The second kappa shape index (κ2) is 6.97. The summed E-state index contributed by atoms with van der Waals surface area (Å²) in [7, 11) is -6.92. The molecule has 0 saturated carbocycles. The van der Waals surface area contributed by atoms with Gasteiger partial charge in [0.15, 0.2) is 9.84 Å². The summed E-state index contributed by atoms with van der Waals surface area (Å²) in [5.74, 6) is 0.164. The van der Waals surface area contributed by atoms with Gasteiger partial charge in [0.05, 0.1) is 22.2 Å². The molecule has 0 amide bonds. The maximum atomic E-state index is 13.1. The third-order valence-electron chi connectivity index (χ3n) is 4.08. The summed E-state index contributed by atoms with van der Waals surface area (Å²) in [4.78, 5) is 0.379. The molecule has 25 heavy (non-hydrogen) atoms. The highest BCUT2D eigenvalue weighted by Crippen LogP contribution is 2.61. The van der Waals surface area contributed by atoms with Crippen LogP contribution in [0, 0.1) is 0 Å².